The molecule has 0 amide bonds. The van der Waals surface area contributed by atoms with Crippen molar-refractivity contribution in [2.24, 2.45) is 0 Å². The van der Waals surface area contributed by atoms with E-state index in [9.17, 15) is 10.2 Å². The molecule has 0 bridgehead atoms. The zero-order valence-corrected chi connectivity index (χ0v) is 25.8. The van der Waals surface area contributed by atoms with Gasteiger partial charge in [0, 0.05) is 25.2 Å². The summed E-state index contributed by atoms with van der Waals surface area (Å²) >= 11 is 0. The van der Waals surface area contributed by atoms with Gasteiger partial charge in [-0.2, -0.15) is 0 Å². The SMILES string of the molecule is [2H]c1c([2H])c(C[C@@H]2c3c([2H])c(O)c(OC)c([2H])c3CCN2C)c([2H])c(Oc2c([2H])c([2H])c(C[C@@H]3c4c([2H])c(OC)c(OC)c([2H])c4CCN3C)c([2H])c2[2H])c1O. The van der Waals surface area contributed by atoms with Crippen LogP contribution < -0.4 is 18.9 Å². The van der Waals surface area contributed by atoms with Crippen LogP contribution in [0.25, 0.3) is 0 Å². The number of nitrogens with zero attached hydrogens (tertiary/aromatic N) is 2. The van der Waals surface area contributed by atoms with E-state index < -0.39 is 77.4 Å². The zero-order valence-electron chi connectivity index (χ0n) is 36.8. The lowest BCUT2D eigenvalue weighted by atomic mass is 9.88. The Morgan fingerprint density at radius 2 is 1.18 bits per heavy atom. The van der Waals surface area contributed by atoms with E-state index in [1.807, 2.05) is 9.80 Å². The Bertz CT molecular complexity index is 2250. The average Bonchev–Trinajstić information content (AvgIpc) is 3.17. The fraction of sp³-hybridized carbons (Fsp3) is 0.351. The number of ether oxygens (including phenoxy) is 4. The molecule has 0 aromatic heterocycles. The van der Waals surface area contributed by atoms with Crippen LogP contribution in [0.5, 0.6) is 40.2 Å². The minimum Gasteiger partial charge on any atom is -0.504 e. The molecule has 8 nitrogen and oxygen atoms in total. The van der Waals surface area contributed by atoms with Crippen molar-refractivity contribution in [3.8, 4) is 40.2 Å². The molecule has 0 spiro atoms. The number of rotatable bonds is 9. The summed E-state index contributed by atoms with van der Waals surface area (Å²) in [5.74, 6) is -2.69. The standard InChI is InChI=1S/C37H42N2O6/c1-38-15-13-26-20-36(43-4)37(44-5)22-29(26)30(38)16-23-6-9-27(10-7-23)45-35-18-24(8-11-32(35)40)17-31-28-21-33(41)34(42-3)19-25(28)12-14-39(31)2/h6-11,18-22,30-31,40-41H,12-17H2,1-5H3/t30-,31-/m1/s1/i6D,7D,8D,9D,10D,11D,18D,19D,20D,21D,22D. The Morgan fingerprint density at radius 3 is 1.80 bits per heavy atom. The van der Waals surface area contributed by atoms with Gasteiger partial charge in [0.25, 0.3) is 0 Å². The first-order valence-electron chi connectivity index (χ1n) is 20.0. The predicted octanol–water partition coefficient (Wildman–Crippen LogP) is 6.46. The normalized spacial score (nSPS) is 21.6. The number of benzene rings is 4. The van der Waals surface area contributed by atoms with Gasteiger partial charge in [-0.25, -0.2) is 0 Å². The van der Waals surface area contributed by atoms with Gasteiger partial charge in [-0.05, 0) is 121 Å². The highest BCUT2D eigenvalue weighted by Gasteiger charge is 2.28. The van der Waals surface area contributed by atoms with Gasteiger partial charge in [0.15, 0.2) is 34.5 Å². The van der Waals surface area contributed by atoms with Crippen LogP contribution in [0.4, 0.5) is 0 Å². The summed E-state index contributed by atoms with van der Waals surface area (Å²) < 4.78 is 119. The van der Waals surface area contributed by atoms with E-state index in [0.717, 1.165) is 0 Å². The first-order valence-corrected chi connectivity index (χ1v) is 14.5. The van der Waals surface area contributed by atoms with Crippen molar-refractivity contribution < 1.29 is 44.2 Å². The van der Waals surface area contributed by atoms with E-state index in [1.54, 1.807) is 14.1 Å². The number of aromatic hydroxyl groups is 2. The molecule has 0 radical (unpaired) electrons. The Hall–Kier alpha value is -4.40. The first-order chi connectivity index (χ1) is 26.4. The topological polar surface area (TPSA) is 83.9 Å². The minimum absolute atomic E-state index is 0.00435. The van der Waals surface area contributed by atoms with Gasteiger partial charge < -0.3 is 29.2 Å². The smallest absolute Gasteiger partial charge is 0.169 e. The van der Waals surface area contributed by atoms with Crippen molar-refractivity contribution in [2.75, 3.05) is 48.5 Å². The fourth-order valence-electron chi connectivity index (χ4n) is 5.85. The van der Waals surface area contributed by atoms with Crippen LogP contribution in [-0.2, 0) is 25.7 Å². The van der Waals surface area contributed by atoms with E-state index in [0.29, 0.717) is 48.2 Å². The van der Waals surface area contributed by atoms with Gasteiger partial charge >= 0.3 is 0 Å². The van der Waals surface area contributed by atoms with Gasteiger partial charge in [-0.15, -0.1) is 0 Å². The Labute approximate surface area is 280 Å². The second kappa shape index (κ2) is 12.9. The number of methoxy groups -OCH3 is 3. The minimum atomic E-state index is -0.918. The van der Waals surface area contributed by atoms with Crippen LogP contribution in [0.2, 0.25) is 0 Å². The summed E-state index contributed by atoms with van der Waals surface area (Å²) in [6, 6.07) is -5.71. The van der Waals surface area contributed by atoms with E-state index in [2.05, 4.69) is 0 Å². The zero-order chi connectivity index (χ0) is 41.2. The lowest BCUT2D eigenvalue weighted by Gasteiger charge is -2.35. The molecule has 4 aromatic rings. The molecule has 2 aliphatic rings. The van der Waals surface area contributed by atoms with Gasteiger partial charge in [0.05, 0.1) is 36.4 Å². The lowest BCUT2D eigenvalue weighted by molar-refractivity contribution is 0.228. The maximum absolute atomic E-state index is 11.0. The van der Waals surface area contributed by atoms with Crippen molar-refractivity contribution in [2.45, 2.75) is 37.8 Å². The third kappa shape index (κ3) is 6.26. The summed E-state index contributed by atoms with van der Waals surface area (Å²) in [7, 11) is 7.58. The lowest BCUT2D eigenvalue weighted by Crippen LogP contribution is -2.33. The number of fused-ring (bicyclic) bond motifs is 2. The maximum Gasteiger partial charge on any atom is 0.169 e. The third-order valence-electron chi connectivity index (χ3n) is 8.34. The first kappa shape index (κ1) is 19.9. The van der Waals surface area contributed by atoms with Crippen LogP contribution in [0, 0.1) is 0 Å². The largest absolute Gasteiger partial charge is 0.504 e. The Kier molecular flexibility index (Phi) is 5.70. The van der Waals surface area contributed by atoms with Crippen LogP contribution in [-0.4, -0.2) is 68.5 Å². The molecule has 0 fully saturated rings. The van der Waals surface area contributed by atoms with Crippen molar-refractivity contribution in [1.82, 2.24) is 9.80 Å². The van der Waals surface area contributed by atoms with E-state index in [1.165, 1.54) is 21.3 Å². The van der Waals surface area contributed by atoms with Gasteiger partial charge in [-0.3, -0.25) is 9.80 Å². The Morgan fingerprint density at radius 1 is 0.644 bits per heavy atom. The van der Waals surface area contributed by atoms with E-state index in [4.69, 9.17) is 34.0 Å². The highest BCUT2D eigenvalue weighted by atomic mass is 16.5. The number of phenols is 2. The number of likely N-dealkylation sites (N-methyl/N-ethyl adjacent to an activating group) is 2. The molecule has 2 aliphatic heterocycles. The maximum atomic E-state index is 11.0. The summed E-state index contributed by atoms with van der Waals surface area (Å²) in [6.45, 7) is 0.890. The number of hydrogen-bond donors (Lipinski definition) is 2. The van der Waals surface area contributed by atoms with Crippen molar-refractivity contribution in [1.29, 1.82) is 0 Å². The number of hydrogen-bond acceptors (Lipinski definition) is 8. The van der Waals surface area contributed by atoms with E-state index >= 15 is 0 Å². The van der Waals surface area contributed by atoms with Gasteiger partial charge in [0.1, 0.15) is 5.75 Å². The average molecular weight is 622 g/mol. The molecule has 236 valence electrons. The third-order valence-corrected chi connectivity index (χ3v) is 8.34. The van der Waals surface area contributed by atoms with Crippen LogP contribution in [0.1, 0.15) is 60.5 Å². The highest BCUT2D eigenvalue weighted by molar-refractivity contribution is 5.51. The summed E-state index contributed by atoms with van der Waals surface area (Å²) in [5.41, 5.74) is 1.66. The molecule has 0 unspecified atom stereocenters. The quantitative estimate of drug-likeness (QED) is 0.220. The van der Waals surface area contributed by atoms with Crippen LogP contribution >= 0.6 is 0 Å². The molecule has 2 heterocycles. The summed E-state index contributed by atoms with van der Waals surface area (Å²) in [4.78, 5) is 3.73. The second-order valence-corrected chi connectivity index (χ2v) is 11.1. The molecule has 0 saturated carbocycles. The molecular weight excluding hydrogens is 568 g/mol. The molecule has 4 aromatic carbocycles. The molecular formula is C37H42N2O6. The molecule has 0 aliphatic carbocycles. The Balaban J connectivity index is 1.41. The van der Waals surface area contributed by atoms with Crippen molar-refractivity contribution in [3.05, 3.63) is 99.8 Å². The predicted molar refractivity (Wildman–Crippen MR) is 174 cm³/mol. The highest BCUT2D eigenvalue weighted by Crippen LogP contribution is 2.41. The van der Waals surface area contributed by atoms with Gasteiger partial charge in [0.2, 0.25) is 0 Å². The summed E-state index contributed by atoms with van der Waals surface area (Å²) in [5, 5.41) is 21.8. The molecule has 2 atom stereocenters. The van der Waals surface area contributed by atoms with Crippen molar-refractivity contribution >= 4 is 0 Å². The molecule has 8 heteroatoms. The monoisotopic (exact) mass is 621 g/mol. The second-order valence-electron chi connectivity index (χ2n) is 11.1. The van der Waals surface area contributed by atoms with Crippen LogP contribution in [0.15, 0.2) is 66.5 Å². The van der Waals surface area contributed by atoms with Gasteiger partial charge in [-0.1, -0.05) is 18.1 Å². The molecule has 2 N–H and O–H groups in total. The fourth-order valence-corrected chi connectivity index (χ4v) is 5.85. The van der Waals surface area contributed by atoms with Crippen molar-refractivity contribution in [3.63, 3.8) is 0 Å². The molecule has 0 saturated heterocycles. The molecule has 6 rings (SSSR count). The number of phenolic OH excluding ortho intramolecular Hbond substituents is 2. The van der Waals surface area contributed by atoms with Crippen LogP contribution in [0.3, 0.4) is 0 Å². The summed E-state index contributed by atoms with van der Waals surface area (Å²) in [6.07, 6.45) is 0.528. The van der Waals surface area contributed by atoms with E-state index in [-0.39, 0.29) is 65.4 Å². The molecule has 45 heavy (non-hydrogen) atoms.